The number of aromatic nitrogens is 4. The van der Waals surface area contributed by atoms with Crippen LogP contribution in [0.5, 0.6) is 0 Å². The Bertz CT molecular complexity index is 1110. The van der Waals surface area contributed by atoms with Crippen LogP contribution in [0.3, 0.4) is 0 Å². The first-order valence-electron chi connectivity index (χ1n) is 8.24. The molecule has 20 heteroatoms. The second-order valence-corrected chi connectivity index (χ2v) is 12.2. The summed E-state index contributed by atoms with van der Waals surface area (Å²) in [5.41, 5.74) is 6.10. The number of nitrogens with two attached hydrogens (primary N) is 1. The molecule has 1 fully saturated rings. The Morgan fingerprint density at radius 1 is 1.16 bits per heavy atom. The number of imidazole rings is 1. The number of anilines is 1. The van der Waals surface area contributed by atoms with E-state index in [0.717, 1.165) is 6.33 Å². The number of hydrogen-bond donors (Lipinski definition) is 6. The van der Waals surface area contributed by atoms with Crippen LogP contribution >= 0.6 is 22.7 Å². The first-order valence-corrected chi connectivity index (χ1v) is 13.4. The Balaban J connectivity index is 1.69. The smallest absolute Gasteiger partial charge is 0.346 e. The molecule has 1 saturated heterocycles. The summed E-state index contributed by atoms with van der Waals surface area (Å²) in [5, 5.41) is 20.5. The number of aliphatic hydroxyl groups excluding tert-OH is 2. The highest BCUT2D eigenvalue weighted by Gasteiger charge is 2.45. The zero-order valence-corrected chi connectivity index (χ0v) is 18.0. The lowest BCUT2D eigenvalue weighted by Gasteiger charge is -2.21. The molecule has 3 heterocycles. The van der Waals surface area contributed by atoms with Gasteiger partial charge in [0.2, 0.25) is 7.57 Å². The Kier molecular flexibility index (Phi) is 6.79. The zero-order chi connectivity index (χ0) is 23.2. The van der Waals surface area contributed by atoms with E-state index in [2.05, 4.69) is 19.3 Å². The van der Waals surface area contributed by atoms with E-state index in [0.29, 0.717) is 0 Å². The molecule has 2 aromatic heterocycles. The molecule has 1 aliphatic rings. The van der Waals surface area contributed by atoms with Crippen LogP contribution in [-0.2, 0) is 27.3 Å². The van der Waals surface area contributed by atoms with Gasteiger partial charge < -0.3 is 39.9 Å². The molecule has 0 saturated carbocycles. The molecular weight excluding hydrogens is 482 g/mol. The molecule has 0 spiro atoms. The maximum Gasteiger partial charge on any atom is 0.346 e. The van der Waals surface area contributed by atoms with Crippen molar-refractivity contribution in [3.63, 3.8) is 0 Å². The van der Waals surface area contributed by atoms with Crippen LogP contribution in [0.2, 0.25) is 0 Å². The fourth-order valence-electron chi connectivity index (χ4n) is 2.79. The first kappa shape index (κ1) is 24.4. The molecule has 1 aliphatic heterocycles. The average molecular weight is 499 g/mol. The quantitative estimate of drug-likeness (QED) is 0.182. The maximum atomic E-state index is 12.1. The van der Waals surface area contributed by atoms with E-state index in [1.807, 2.05) is 0 Å². The third-order valence-electron chi connectivity index (χ3n) is 4.02. The molecule has 3 unspecified atom stereocenters. The van der Waals surface area contributed by atoms with E-state index >= 15 is 0 Å². The van der Waals surface area contributed by atoms with Gasteiger partial charge in [-0.3, -0.25) is 18.3 Å². The van der Waals surface area contributed by atoms with Crippen molar-refractivity contribution in [1.82, 2.24) is 19.5 Å². The second kappa shape index (κ2) is 8.62. The first-order chi connectivity index (χ1) is 14.2. The van der Waals surface area contributed by atoms with E-state index in [-0.39, 0.29) is 17.0 Å². The minimum Gasteiger partial charge on any atom is -0.387 e. The minimum atomic E-state index is -5.08. The van der Waals surface area contributed by atoms with Gasteiger partial charge in [0.05, 0.1) is 12.9 Å². The predicted octanol–water partition coefficient (Wildman–Crippen LogP) is -1.34. The van der Waals surface area contributed by atoms with Gasteiger partial charge in [-0.05, 0) is 0 Å². The number of ether oxygens (including phenoxy) is 1. The van der Waals surface area contributed by atoms with E-state index in [1.165, 1.54) is 10.9 Å². The van der Waals surface area contributed by atoms with Crippen LogP contribution in [0.15, 0.2) is 12.7 Å². The Morgan fingerprint density at radius 2 is 1.84 bits per heavy atom. The van der Waals surface area contributed by atoms with Crippen molar-refractivity contribution in [2.75, 3.05) is 18.2 Å². The van der Waals surface area contributed by atoms with Crippen LogP contribution in [-0.4, -0.2) is 82.8 Å². The van der Waals surface area contributed by atoms with Crippen molar-refractivity contribution in [1.29, 1.82) is 0 Å². The van der Waals surface area contributed by atoms with Crippen LogP contribution in [0.4, 0.5) is 5.82 Å². The molecular formula is C11H17BN5O11P3. The monoisotopic (exact) mass is 499 g/mol. The van der Waals surface area contributed by atoms with E-state index in [1.54, 1.807) is 0 Å². The van der Waals surface area contributed by atoms with Gasteiger partial charge in [0, 0.05) is 0 Å². The number of rotatable bonds is 8. The van der Waals surface area contributed by atoms with Crippen LogP contribution in [0.1, 0.15) is 6.23 Å². The molecule has 16 nitrogen and oxygen atoms in total. The van der Waals surface area contributed by atoms with Crippen LogP contribution in [0.25, 0.3) is 11.2 Å². The Labute approximate surface area is 175 Å². The molecule has 2 aromatic rings. The summed E-state index contributed by atoms with van der Waals surface area (Å²) in [5.74, 6) is -1.56. The second-order valence-electron chi connectivity index (χ2n) is 6.49. The summed E-state index contributed by atoms with van der Waals surface area (Å²) in [6.07, 6.45) is -3.28. The van der Waals surface area contributed by atoms with Crippen molar-refractivity contribution >= 4 is 47.2 Å². The molecule has 170 valence electrons. The minimum absolute atomic E-state index is 0.0710. The molecule has 0 amide bonds. The molecule has 3 rings (SSSR count). The third kappa shape index (κ3) is 5.78. The summed E-state index contributed by atoms with van der Waals surface area (Å²) in [4.78, 5) is 38.7. The summed E-state index contributed by atoms with van der Waals surface area (Å²) in [7, 11) is -9.69. The fourth-order valence-corrected chi connectivity index (χ4v) is 7.29. The van der Waals surface area contributed by atoms with Crippen molar-refractivity contribution in [3.05, 3.63) is 12.7 Å². The van der Waals surface area contributed by atoms with E-state index in [9.17, 15) is 28.8 Å². The molecule has 6 atom stereocenters. The molecule has 0 aromatic carbocycles. The van der Waals surface area contributed by atoms with Gasteiger partial charge in [-0.2, -0.15) is 0 Å². The SMILES string of the molecule is [B]P(=O)(OC[C@H]1O[C@@H](n2cnc3c(N)ncnc32)C(O)[C@H]1O)OP(=O)(O)CP(=O)(O)O. The molecule has 0 aliphatic carbocycles. The predicted molar refractivity (Wildman–Crippen MR) is 103 cm³/mol. The van der Waals surface area contributed by atoms with E-state index in [4.69, 9.17) is 32.3 Å². The fraction of sp³-hybridized carbons (Fsp3) is 0.545. The highest BCUT2D eigenvalue weighted by atomic mass is 31.3. The molecule has 2 radical (unpaired) electrons. The molecule has 31 heavy (non-hydrogen) atoms. The average Bonchev–Trinajstić information content (AvgIpc) is 3.13. The number of hydrogen-bond acceptors (Lipinski definition) is 12. The lowest BCUT2D eigenvalue weighted by atomic mass is 10.1. The highest BCUT2D eigenvalue weighted by Crippen LogP contribution is 2.64. The molecule has 7 N–H and O–H groups in total. The van der Waals surface area contributed by atoms with Gasteiger partial charge in [-0.25, -0.2) is 19.3 Å². The van der Waals surface area contributed by atoms with E-state index < -0.39 is 59.7 Å². The number of nitrogens with zero attached hydrogens (tertiary/aromatic N) is 4. The summed E-state index contributed by atoms with van der Waals surface area (Å²) >= 11 is 0. The van der Waals surface area contributed by atoms with Crippen LogP contribution < -0.4 is 5.73 Å². The van der Waals surface area contributed by atoms with Gasteiger partial charge in [-0.15, -0.1) is 0 Å². The lowest BCUT2D eigenvalue weighted by Crippen LogP contribution is -2.33. The van der Waals surface area contributed by atoms with Gasteiger partial charge in [0.25, 0.3) is 7.47 Å². The summed E-state index contributed by atoms with van der Waals surface area (Å²) in [6.45, 7) is -0.776. The normalized spacial score (nSPS) is 28.4. The van der Waals surface area contributed by atoms with Crippen molar-refractivity contribution < 1.29 is 52.2 Å². The third-order valence-corrected chi connectivity index (χ3v) is 9.37. The molecule has 0 bridgehead atoms. The van der Waals surface area contributed by atoms with Crippen LogP contribution in [0, 0.1) is 0 Å². The van der Waals surface area contributed by atoms with Gasteiger partial charge in [0.1, 0.15) is 30.2 Å². The maximum absolute atomic E-state index is 12.1. The van der Waals surface area contributed by atoms with Gasteiger partial charge in [0.15, 0.2) is 23.6 Å². The van der Waals surface area contributed by atoms with Crippen molar-refractivity contribution in [3.8, 4) is 0 Å². The largest absolute Gasteiger partial charge is 0.387 e. The van der Waals surface area contributed by atoms with Gasteiger partial charge in [-0.1, -0.05) is 0 Å². The number of aliphatic hydroxyl groups is 2. The summed E-state index contributed by atoms with van der Waals surface area (Å²) < 4.78 is 50.3. The highest BCUT2D eigenvalue weighted by molar-refractivity contribution is 7.85. The van der Waals surface area contributed by atoms with Crippen molar-refractivity contribution in [2.45, 2.75) is 24.5 Å². The van der Waals surface area contributed by atoms with Crippen molar-refractivity contribution in [2.24, 2.45) is 0 Å². The zero-order valence-electron chi connectivity index (χ0n) is 15.3. The Morgan fingerprint density at radius 3 is 2.48 bits per heavy atom. The lowest BCUT2D eigenvalue weighted by molar-refractivity contribution is -0.0478. The number of nitrogen functional groups attached to an aromatic ring is 1. The topological polar surface area (TPSA) is 250 Å². The summed E-state index contributed by atoms with van der Waals surface area (Å²) in [6, 6.07) is 0. The Hall–Kier alpha value is -1.22. The number of fused-ring (bicyclic) bond motifs is 1. The van der Waals surface area contributed by atoms with Gasteiger partial charge >= 0.3 is 15.2 Å². The standard InChI is InChI=1S/C11H17BN5O11P3/c12-31(25,28-30(23,24)4-29(20,21)22)26-1-5-7(18)8(19)11(27-5)17-3-16-6-9(13)14-2-15-10(6)17/h2-3,5,7-8,11,18-19H,1,4H2,(H,23,24)(H2,13,14,15)(H2,20,21,22)/t5-,7+,8?,11-,31?/m1/s1.